The quantitative estimate of drug-likeness (QED) is 0.659. The first-order valence-corrected chi connectivity index (χ1v) is 5.91. The minimum Gasteiger partial charge on any atom is -0.359 e. The molecule has 0 atom stereocenters. The number of carbonyl (C=O) groups is 1. The number of hydrogen-bond acceptors (Lipinski definition) is 3. The molecular weight excluding hydrogens is 237 g/mol. The third kappa shape index (κ3) is 3.01. The van der Waals surface area contributed by atoms with Gasteiger partial charge in [-0.1, -0.05) is 18.2 Å². The molecule has 0 bridgehead atoms. The molecule has 17 heavy (non-hydrogen) atoms. The first-order chi connectivity index (χ1) is 8.27. The topological polar surface area (TPSA) is 29.1 Å². The van der Waals surface area contributed by atoms with Gasteiger partial charge in [0.05, 0.1) is 10.6 Å². The SMILES string of the molecule is O=C(/C=C/Nc1ccccc1F)c1cccs1. The second-order valence-corrected chi connectivity index (χ2v) is 4.25. The zero-order chi connectivity index (χ0) is 12.1. The first kappa shape index (κ1) is 11.5. The third-order valence-corrected chi connectivity index (χ3v) is 3.00. The van der Waals surface area contributed by atoms with Gasteiger partial charge in [0.15, 0.2) is 5.78 Å². The maximum absolute atomic E-state index is 13.2. The van der Waals surface area contributed by atoms with E-state index in [0.717, 1.165) is 0 Å². The number of benzene rings is 1. The fourth-order valence-electron chi connectivity index (χ4n) is 1.29. The summed E-state index contributed by atoms with van der Waals surface area (Å²) in [5.41, 5.74) is 0.350. The lowest BCUT2D eigenvalue weighted by atomic mass is 10.3. The molecule has 0 fully saturated rings. The van der Waals surface area contributed by atoms with Gasteiger partial charge in [0.2, 0.25) is 0 Å². The Morgan fingerprint density at radius 2 is 2.06 bits per heavy atom. The minimum atomic E-state index is -0.347. The lowest BCUT2D eigenvalue weighted by Crippen LogP contribution is -1.94. The van der Waals surface area contributed by atoms with E-state index in [1.165, 1.54) is 29.7 Å². The second kappa shape index (κ2) is 5.41. The van der Waals surface area contributed by atoms with Crippen molar-refractivity contribution in [1.29, 1.82) is 0 Å². The van der Waals surface area contributed by atoms with E-state index >= 15 is 0 Å². The summed E-state index contributed by atoms with van der Waals surface area (Å²) >= 11 is 1.38. The molecule has 4 heteroatoms. The molecular formula is C13H10FNOS. The van der Waals surface area contributed by atoms with Crippen molar-refractivity contribution >= 4 is 22.8 Å². The number of nitrogens with one attached hydrogen (secondary N) is 1. The molecule has 2 nitrogen and oxygen atoms in total. The average Bonchev–Trinajstić information content (AvgIpc) is 2.85. The van der Waals surface area contributed by atoms with Crippen molar-refractivity contribution in [2.24, 2.45) is 0 Å². The van der Waals surface area contributed by atoms with Gasteiger partial charge in [0, 0.05) is 12.3 Å². The Morgan fingerprint density at radius 3 is 2.76 bits per heavy atom. The Morgan fingerprint density at radius 1 is 1.24 bits per heavy atom. The highest BCUT2D eigenvalue weighted by molar-refractivity contribution is 7.12. The van der Waals surface area contributed by atoms with E-state index in [0.29, 0.717) is 10.6 Å². The molecule has 2 aromatic rings. The molecule has 2 rings (SSSR count). The summed E-state index contributed by atoms with van der Waals surface area (Å²) in [5, 5.41) is 4.57. The van der Waals surface area contributed by atoms with Crippen LogP contribution >= 0.6 is 11.3 Å². The number of hydrogen-bond donors (Lipinski definition) is 1. The van der Waals surface area contributed by atoms with Crippen LogP contribution in [0.25, 0.3) is 0 Å². The zero-order valence-electron chi connectivity index (χ0n) is 8.89. The minimum absolute atomic E-state index is 0.0937. The van der Waals surface area contributed by atoms with Gasteiger partial charge >= 0.3 is 0 Å². The van der Waals surface area contributed by atoms with Crippen molar-refractivity contribution in [3.05, 3.63) is 64.7 Å². The Bertz CT molecular complexity index is 534. The van der Waals surface area contributed by atoms with Crippen LogP contribution in [0, 0.1) is 5.82 Å². The highest BCUT2D eigenvalue weighted by Gasteiger charge is 2.01. The Hall–Kier alpha value is -1.94. The maximum Gasteiger partial charge on any atom is 0.197 e. The normalized spacial score (nSPS) is 10.6. The number of thiophene rings is 1. The first-order valence-electron chi connectivity index (χ1n) is 5.03. The van der Waals surface area contributed by atoms with Crippen LogP contribution in [0.4, 0.5) is 10.1 Å². The number of ketones is 1. The monoisotopic (exact) mass is 247 g/mol. The van der Waals surface area contributed by atoms with Crippen molar-refractivity contribution in [3.8, 4) is 0 Å². The number of anilines is 1. The van der Waals surface area contributed by atoms with Gasteiger partial charge in [-0.2, -0.15) is 0 Å². The summed E-state index contributed by atoms with van der Waals surface area (Å²) in [7, 11) is 0. The van der Waals surface area contributed by atoms with Crippen LogP contribution in [0.3, 0.4) is 0 Å². The number of carbonyl (C=O) groups excluding carboxylic acids is 1. The summed E-state index contributed by atoms with van der Waals surface area (Å²) in [4.78, 5) is 12.2. The van der Waals surface area contributed by atoms with Crippen LogP contribution in [0.5, 0.6) is 0 Å². The molecule has 0 amide bonds. The van der Waals surface area contributed by atoms with E-state index in [1.807, 2.05) is 11.4 Å². The molecule has 0 saturated heterocycles. The molecule has 1 aromatic carbocycles. The van der Waals surface area contributed by atoms with Crippen molar-refractivity contribution in [2.75, 3.05) is 5.32 Å². The standard InChI is InChI=1S/C13H10FNOS/c14-10-4-1-2-5-11(10)15-8-7-12(16)13-6-3-9-17-13/h1-9,15H/b8-7+. The second-order valence-electron chi connectivity index (χ2n) is 3.30. The van der Waals surface area contributed by atoms with Gasteiger partial charge in [0.1, 0.15) is 5.82 Å². The predicted molar refractivity (Wildman–Crippen MR) is 67.8 cm³/mol. The van der Waals surface area contributed by atoms with Gasteiger partial charge in [-0.25, -0.2) is 4.39 Å². The molecule has 0 radical (unpaired) electrons. The molecule has 0 spiro atoms. The van der Waals surface area contributed by atoms with Crippen LogP contribution in [-0.4, -0.2) is 5.78 Å². The van der Waals surface area contributed by atoms with E-state index in [1.54, 1.807) is 24.3 Å². The summed E-state index contributed by atoms with van der Waals surface area (Å²) in [6.45, 7) is 0. The van der Waals surface area contributed by atoms with Gasteiger partial charge < -0.3 is 5.32 Å². The van der Waals surface area contributed by atoms with Crippen molar-refractivity contribution in [3.63, 3.8) is 0 Å². The molecule has 0 aliphatic heterocycles. The van der Waals surface area contributed by atoms with Crippen molar-refractivity contribution < 1.29 is 9.18 Å². The summed E-state index contributed by atoms with van der Waals surface area (Å²) in [6, 6.07) is 9.87. The van der Waals surface area contributed by atoms with Crippen LogP contribution in [0.2, 0.25) is 0 Å². The summed E-state index contributed by atoms with van der Waals surface area (Å²) in [6.07, 6.45) is 2.83. The fraction of sp³-hybridized carbons (Fsp3) is 0. The highest BCUT2D eigenvalue weighted by atomic mass is 32.1. The largest absolute Gasteiger partial charge is 0.359 e. The van der Waals surface area contributed by atoms with Crippen LogP contribution in [0.1, 0.15) is 9.67 Å². The zero-order valence-corrected chi connectivity index (χ0v) is 9.71. The van der Waals surface area contributed by atoms with Gasteiger partial charge in [-0.15, -0.1) is 11.3 Å². The van der Waals surface area contributed by atoms with E-state index in [9.17, 15) is 9.18 Å². The third-order valence-electron chi connectivity index (χ3n) is 2.11. The maximum atomic E-state index is 13.2. The van der Waals surface area contributed by atoms with Gasteiger partial charge in [0.25, 0.3) is 0 Å². The number of para-hydroxylation sites is 1. The van der Waals surface area contributed by atoms with Crippen molar-refractivity contribution in [1.82, 2.24) is 0 Å². The number of rotatable bonds is 4. The lowest BCUT2D eigenvalue weighted by Gasteiger charge is -2.00. The highest BCUT2D eigenvalue weighted by Crippen LogP contribution is 2.13. The number of allylic oxidation sites excluding steroid dienone is 1. The van der Waals surface area contributed by atoms with Gasteiger partial charge in [-0.3, -0.25) is 4.79 Å². The lowest BCUT2D eigenvalue weighted by molar-refractivity contribution is 0.105. The molecule has 1 heterocycles. The fourth-order valence-corrected chi connectivity index (χ4v) is 1.93. The molecule has 0 aliphatic carbocycles. The van der Waals surface area contributed by atoms with Crippen LogP contribution < -0.4 is 5.32 Å². The number of halogens is 1. The van der Waals surface area contributed by atoms with Crippen LogP contribution in [-0.2, 0) is 0 Å². The smallest absolute Gasteiger partial charge is 0.197 e. The molecule has 86 valence electrons. The van der Waals surface area contributed by atoms with E-state index in [4.69, 9.17) is 0 Å². The Labute approximate surface area is 102 Å². The van der Waals surface area contributed by atoms with Crippen molar-refractivity contribution in [2.45, 2.75) is 0 Å². The Balaban J connectivity index is 1.99. The molecule has 1 aromatic heterocycles. The summed E-state index contributed by atoms with van der Waals surface area (Å²) < 4.78 is 13.2. The average molecular weight is 247 g/mol. The summed E-state index contributed by atoms with van der Waals surface area (Å²) in [5.74, 6) is -0.440. The molecule has 0 saturated carbocycles. The van der Waals surface area contributed by atoms with E-state index in [2.05, 4.69) is 5.32 Å². The van der Waals surface area contributed by atoms with Gasteiger partial charge in [-0.05, 0) is 23.6 Å². The van der Waals surface area contributed by atoms with E-state index in [-0.39, 0.29) is 11.6 Å². The van der Waals surface area contributed by atoms with Crippen LogP contribution in [0.15, 0.2) is 54.1 Å². The molecule has 0 unspecified atom stereocenters. The Kier molecular flexibility index (Phi) is 3.67. The predicted octanol–water partition coefficient (Wildman–Crippen LogP) is 3.70. The molecule has 1 N–H and O–H groups in total. The molecule has 0 aliphatic rings. The van der Waals surface area contributed by atoms with E-state index < -0.39 is 0 Å².